The number of hydrazone groups is 1. The van der Waals surface area contributed by atoms with E-state index in [1.807, 2.05) is 0 Å². The summed E-state index contributed by atoms with van der Waals surface area (Å²) in [6.07, 6.45) is 0.892. The topological polar surface area (TPSA) is 93.9 Å². The number of aromatic amines is 1. The average Bonchev–Trinajstić information content (AvgIpc) is 2.70. The summed E-state index contributed by atoms with van der Waals surface area (Å²) in [5, 5.41) is 12.9. The summed E-state index contributed by atoms with van der Waals surface area (Å²) >= 11 is 2.62. The van der Waals surface area contributed by atoms with E-state index in [0.717, 1.165) is 6.21 Å². The van der Waals surface area contributed by atoms with E-state index in [0.29, 0.717) is 11.6 Å². The minimum absolute atomic E-state index is 0.124. The average molecular weight is 448 g/mol. The minimum atomic E-state index is -1.35. The molecule has 0 saturated carbocycles. The second-order valence-corrected chi connectivity index (χ2v) is 6.17. The molecule has 0 unspecified atom stereocenters. The Hall–Kier alpha value is -3.45. The number of nitrogens with one attached hydrogen (secondary N) is 2. The van der Waals surface area contributed by atoms with Crippen LogP contribution in [0, 0.1) is 28.8 Å². The van der Waals surface area contributed by atoms with Gasteiger partial charge >= 0.3 is 0 Å². The molecular weight excluding hydrogens is 439 g/mol. The van der Waals surface area contributed by atoms with Crippen LogP contribution in [0.2, 0.25) is 0 Å². The Morgan fingerprint density at radius 1 is 1.21 bits per heavy atom. The van der Waals surface area contributed by atoms with Crippen molar-refractivity contribution in [2.45, 2.75) is 0 Å². The van der Waals surface area contributed by atoms with Gasteiger partial charge in [-0.15, -0.1) is 0 Å². The predicted octanol–water partition coefficient (Wildman–Crippen LogP) is 3.93. The van der Waals surface area contributed by atoms with Gasteiger partial charge in [-0.05, 0) is 22.0 Å². The Balaban J connectivity index is 1.94. The third kappa shape index (κ3) is 3.79. The fourth-order valence-electron chi connectivity index (χ4n) is 2.28. The summed E-state index contributed by atoms with van der Waals surface area (Å²) in [5.74, 6) is -3.78. The molecule has 0 radical (unpaired) electrons. The summed E-state index contributed by atoms with van der Waals surface area (Å²) in [4.78, 5) is 18.6. The standard InChI is InChI=1S/C18H9BrF3N5O/c19-13-14(21)10(6-12(20)15(13)22)8-24-27-18-25-16(9-4-2-1-3-5-9)11(7-23)17(28)26-18/h1-6,8H,(H2,25,26,27,28). The molecule has 3 aromatic rings. The Kier molecular flexibility index (Phi) is 5.56. The maximum Gasteiger partial charge on any atom is 0.270 e. The lowest BCUT2D eigenvalue weighted by Crippen LogP contribution is -2.16. The maximum absolute atomic E-state index is 13.9. The van der Waals surface area contributed by atoms with Crippen molar-refractivity contribution in [2.24, 2.45) is 5.10 Å². The quantitative estimate of drug-likeness (QED) is 0.274. The zero-order valence-corrected chi connectivity index (χ0v) is 15.4. The maximum atomic E-state index is 13.9. The molecule has 140 valence electrons. The van der Waals surface area contributed by atoms with Crippen molar-refractivity contribution in [3.63, 3.8) is 0 Å². The molecule has 1 aromatic heterocycles. The highest BCUT2D eigenvalue weighted by molar-refractivity contribution is 9.10. The molecule has 10 heteroatoms. The Bertz CT molecular complexity index is 1170. The molecule has 1 heterocycles. The fraction of sp³-hybridized carbons (Fsp3) is 0. The number of hydrogen-bond acceptors (Lipinski definition) is 5. The molecular formula is C18H9BrF3N5O. The van der Waals surface area contributed by atoms with Gasteiger partial charge in [0, 0.05) is 11.1 Å². The number of aromatic nitrogens is 2. The smallest absolute Gasteiger partial charge is 0.270 e. The second kappa shape index (κ2) is 8.06. The van der Waals surface area contributed by atoms with Gasteiger partial charge in [0.1, 0.15) is 17.4 Å². The van der Waals surface area contributed by atoms with E-state index in [-0.39, 0.29) is 22.8 Å². The van der Waals surface area contributed by atoms with Crippen molar-refractivity contribution in [1.82, 2.24) is 9.97 Å². The van der Waals surface area contributed by atoms with Crippen molar-refractivity contribution in [1.29, 1.82) is 5.26 Å². The molecule has 3 rings (SSSR count). The van der Waals surface area contributed by atoms with Gasteiger partial charge in [-0.3, -0.25) is 9.78 Å². The zero-order valence-electron chi connectivity index (χ0n) is 13.8. The summed E-state index contributed by atoms with van der Waals surface area (Å²) in [6, 6.07) is 11.0. The summed E-state index contributed by atoms with van der Waals surface area (Å²) in [5.41, 5.74) is 1.82. The van der Waals surface area contributed by atoms with E-state index in [1.54, 1.807) is 36.4 Å². The van der Waals surface area contributed by atoms with Crippen molar-refractivity contribution >= 4 is 28.1 Å². The molecule has 0 aliphatic rings. The van der Waals surface area contributed by atoms with E-state index >= 15 is 0 Å². The molecule has 0 saturated heterocycles. The van der Waals surface area contributed by atoms with Crippen LogP contribution in [0.15, 0.2) is 50.8 Å². The highest BCUT2D eigenvalue weighted by Crippen LogP contribution is 2.24. The highest BCUT2D eigenvalue weighted by Gasteiger charge is 2.16. The first-order chi connectivity index (χ1) is 13.4. The third-order valence-electron chi connectivity index (χ3n) is 3.58. The molecule has 0 amide bonds. The molecule has 28 heavy (non-hydrogen) atoms. The first kappa shape index (κ1) is 19.3. The van der Waals surface area contributed by atoms with E-state index in [1.165, 1.54) is 0 Å². The first-order valence-electron chi connectivity index (χ1n) is 7.64. The number of rotatable bonds is 4. The Labute approximate surface area is 164 Å². The lowest BCUT2D eigenvalue weighted by atomic mass is 10.1. The Morgan fingerprint density at radius 2 is 1.93 bits per heavy atom. The van der Waals surface area contributed by atoms with Crippen LogP contribution in [0.4, 0.5) is 19.1 Å². The summed E-state index contributed by atoms with van der Waals surface area (Å²) < 4.78 is 40.0. The fourth-order valence-corrected chi connectivity index (χ4v) is 2.70. The first-order valence-corrected chi connectivity index (χ1v) is 8.43. The lowest BCUT2D eigenvalue weighted by Gasteiger charge is -2.06. The molecule has 0 atom stereocenters. The number of anilines is 1. The number of nitrogens with zero attached hydrogens (tertiary/aromatic N) is 3. The van der Waals surface area contributed by atoms with Gasteiger partial charge in [0.15, 0.2) is 11.6 Å². The van der Waals surface area contributed by atoms with E-state index in [2.05, 4.69) is 36.4 Å². The third-order valence-corrected chi connectivity index (χ3v) is 4.28. The largest absolute Gasteiger partial charge is 0.290 e. The van der Waals surface area contributed by atoms with Crippen LogP contribution in [0.5, 0.6) is 0 Å². The molecule has 2 aromatic carbocycles. The van der Waals surface area contributed by atoms with Crippen molar-refractivity contribution in [3.05, 3.63) is 79.8 Å². The second-order valence-electron chi connectivity index (χ2n) is 5.38. The highest BCUT2D eigenvalue weighted by atomic mass is 79.9. The van der Waals surface area contributed by atoms with Crippen LogP contribution >= 0.6 is 15.9 Å². The van der Waals surface area contributed by atoms with Gasteiger partial charge in [-0.2, -0.15) is 10.4 Å². The number of halogens is 4. The summed E-state index contributed by atoms with van der Waals surface area (Å²) in [6.45, 7) is 0. The molecule has 0 bridgehead atoms. The molecule has 0 aliphatic heterocycles. The molecule has 0 fully saturated rings. The normalized spacial score (nSPS) is 10.8. The number of hydrogen-bond donors (Lipinski definition) is 2. The number of H-pyrrole nitrogens is 1. The lowest BCUT2D eigenvalue weighted by molar-refractivity contribution is 0.487. The molecule has 0 aliphatic carbocycles. The molecule has 6 nitrogen and oxygen atoms in total. The van der Waals surface area contributed by atoms with Crippen molar-refractivity contribution in [2.75, 3.05) is 5.43 Å². The zero-order chi connectivity index (χ0) is 20.3. The van der Waals surface area contributed by atoms with E-state index in [4.69, 9.17) is 0 Å². The number of benzene rings is 2. The van der Waals surface area contributed by atoms with E-state index < -0.39 is 27.5 Å². The van der Waals surface area contributed by atoms with Gasteiger partial charge in [0.05, 0.1) is 16.4 Å². The van der Waals surface area contributed by atoms with Crippen molar-refractivity contribution < 1.29 is 13.2 Å². The van der Waals surface area contributed by atoms with Crippen LogP contribution < -0.4 is 11.0 Å². The Morgan fingerprint density at radius 3 is 2.61 bits per heavy atom. The minimum Gasteiger partial charge on any atom is -0.290 e. The number of nitriles is 1. The monoisotopic (exact) mass is 447 g/mol. The summed E-state index contributed by atoms with van der Waals surface area (Å²) in [7, 11) is 0. The van der Waals surface area contributed by atoms with Crippen molar-refractivity contribution in [3.8, 4) is 17.3 Å². The van der Waals surface area contributed by atoms with Gasteiger partial charge in [0.2, 0.25) is 5.95 Å². The van der Waals surface area contributed by atoms with Gasteiger partial charge in [-0.1, -0.05) is 30.3 Å². The molecule has 0 spiro atoms. The van der Waals surface area contributed by atoms with Crippen LogP contribution in [0.1, 0.15) is 11.1 Å². The van der Waals surface area contributed by atoms with Crippen LogP contribution in [0.3, 0.4) is 0 Å². The SMILES string of the molecule is N#Cc1c(-c2ccccc2)nc(NN=Cc2cc(F)c(F)c(Br)c2F)[nH]c1=O. The molecule has 2 N–H and O–H groups in total. The van der Waals surface area contributed by atoms with Gasteiger partial charge < -0.3 is 0 Å². The van der Waals surface area contributed by atoms with Gasteiger partial charge in [0.25, 0.3) is 5.56 Å². The predicted molar refractivity (Wildman–Crippen MR) is 100 cm³/mol. The van der Waals surface area contributed by atoms with Crippen LogP contribution in [0.25, 0.3) is 11.3 Å². The van der Waals surface area contributed by atoms with Crippen LogP contribution in [-0.4, -0.2) is 16.2 Å². The van der Waals surface area contributed by atoms with Gasteiger partial charge in [-0.25, -0.2) is 23.6 Å². The van der Waals surface area contributed by atoms with E-state index in [9.17, 15) is 23.2 Å². The van der Waals surface area contributed by atoms with Crippen LogP contribution in [-0.2, 0) is 0 Å².